The van der Waals surface area contributed by atoms with Crippen molar-refractivity contribution >= 4 is 27.4 Å². The third-order valence-electron chi connectivity index (χ3n) is 5.60. The van der Waals surface area contributed by atoms with Crippen molar-refractivity contribution in [3.8, 4) is 11.1 Å². The van der Waals surface area contributed by atoms with Gasteiger partial charge in [0.15, 0.2) is 0 Å². The lowest BCUT2D eigenvalue weighted by Crippen LogP contribution is -2.19. The summed E-state index contributed by atoms with van der Waals surface area (Å²) in [6.07, 6.45) is 3.25. The van der Waals surface area contributed by atoms with Crippen molar-refractivity contribution in [2.75, 3.05) is 11.5 Å². The Bertz CT molecular complexity index is 1070. The second-order valence-electron chi connectivity index (χ2n) is 7.50. The second-order valence-corrected chi connectivity index (χ2v) is 9.92. The molecule has 1 aliphatic rings. The summed E-state index contributed by atoms with van der Waals surface area (Å²) in [5.74, 6) is 0.160. The van der Waals surface area contributed by atoms with Crippen LogP contribution < -0.4 is 5.73 Å². The Morgan fingerprint density at radius 1 is 1.18 bits per heavy atom. The van der Waals surface area contributed by atoms with E-state index in [1.807, 2.05) is 12.3 Å². The van der Waals surface area contributed by atoms with Crippen molar-refractivity contribution in [1.82, 2.24) is 4.98 Å². The quantitative estimate of drug-likeness (QED) is 0.495. The van der Waals surface area contributed by atoms with Crippen LogP contribution in [0.1, 0.15) is 40.2 Å². The molecule has 0 radical (unpaired) electrons. The van der Waals surface area contributed by atoms with Gasteiger partial charge in [0.05, 0.1) is 11.1 Å². The Morgan fingerprint density at radius 3 is 2.54 bits per heavy atom. The highest BCUT2D eigenvalue weighted by atomic mass is 32.3. The van der Waals surface area contributed by atoms with Crippen LogP contribution in [0.4, 0.5) is 4.39 Å². The number of nitrogens with one attached hydrogen (secondary N) is 1. The number of benzene rings is 2. The number of carbonyl (C=O) groups is 1. The number of primary amides is 1. The van der Waals surface area contributed by atoms with Crippen molar-refractivity contribution in [2.24, 2.45) is 5.73 Å². The Balaban J connectivity index is 1.84. The Kier molecular flexibility index (Phi) is 4.69. The highest BCUT2D eigenvalue weighted by molar-refractivity contribution is 8.24. The van der Waals surface area contributed by atoms with Crippen molar-refractivity contribution in [2.45, 2.75) is 25.7 Å². The molecule has 7 heteroatoms. The maximum atomic E-state index is 13.7. The number of aromatic amines is 1. The fraction of sp³-hybridized carbons (Fsp3) is 0.286. The Morgan fingerprint density at radius 2 is 1.89 bits per heavy atom. The zero-order chi connectivity index (χ0) is 20.1. The number of aryl methyl sites for hydroxylation is 1. The fourth-order valence-electron chi connectivity index (χ4n) is 4.00. The Labute approximate surface area is 164 Å². The van der Waals surface area contributed by atoms with Gasteiger partial charge in [-0.15, -0.1) is 0 Å². The van der Waals surface area contributed by atoms with Gasteiger partial charge in [-0.1, -0.05) is 6.07 Å². The summed E-state index contributed by atoms with van der Waals surface area (Å²) in [7, 11) is -2.46. The fourth-order valence-corrected chi connectivity index (χ4v) is 5.52. The predicted molar refractivity (Wildman–Crippen MR) is 112 cm³/mol. The van der Waals surface area contributed by atoms with Gasteiger partial charge < -0.3 is 10.7 Å². The van der Waals surface area contributed by atoms with Crippen LogP contribution in [0.15, 0.2) is 36.5 Å². The first-order chi connectivity index (χ1) is 13.2. The van der Waals surface area contributed by atoms with Crippen molar-refractivity contribution in [3.05, 3.63) is 59.0 Å². The SMILES string of the molecule is Cc1cc(-c2cc(C(N)=O)c3[nH]cc(C4CCS(O)(O)CC4)c3c2)ccc1F. The molecule has 1 saturated heterocycles. The summed E-state index contributed by atoms with van der Waals surface area (Å²) in [5.41, 5.74) is 9.89. The van der Waals surface area contributed by atoms with Crippen molar-refractivity contribution in [1.29, 1.82) is 0 Å². The molecule has 0 spiro atoms. The number of amides is 1. The maximum Gasteiger partial charge on any atom is 0.250 e. The molecule has 1 aliphatic heterocycles. The largest absolute Gasteiger partial charge is 0.366 e. The van der Waals surface area contributed by atoms with E-state index in [-0.39, 0.29) is 11.7 Å². The maximum absolute atomic E-state index is 13.7. The molecule has 0 unspecified atom stereocenters. The number of H-pyrrole nitrogens is 1. The van der Waals surface area contributed by atoms with Crippen molar-refractivity contribution in [3.63, 3.8) is 0 Å². The normalized spacial score (nSPS) is 18.3. The first-order valence-electron chi connectivity index (χ1n) is 9.20. The van der Waals surface area contributed by atoms with E-state index in [4.69, 9.17) is 5.73 Å². The minimum absolute atomic E-state index is 0.180. The molecule has 5 nitrogen and oxygen atoms in total. The molecule has 1 aromatic heterocycles. The van der Waals surface area contributed by atoms with Crippen LogP contribution in [0.5, 0.6) is 0 Å². The third kappa shape index (κ3) is 3.41. The number of fused-ring (bicyclic) bond motifs is 1. The summed E-state index contributed by atoms with van der Waals surface area (Å²) in [4.78, 5) is 15.2. The summed E-state index contributed by atoms with van der Waals surface area (Å²) in [6.45, 7) is 1.70. The number of rotatable bonds is 3. The van der Waals surface area contributed by atoms with E-state index in [0.717, 1.165) is 22.1 Å². The number of nitrogens with two attached hydrogens (primary N) is 1. The minimum Gasteiger partial charge on any atom is -0.366 e. The molecule has 0 atom stereocenters. The first-order valence-corrected chi connectivity index (χ1v) is 11.1. The van der Waals surface area contributed by atoms with Gasteiger partial charge in [0.2, 0.25) is 0 Å². The van der Waals surface area contributed by atoms with Gasteiger partial charge in [0.1, 0.15) is 5.82 Å². The van der Waals surface area contributed by atoms with Gasteiger partial charge >= 0.3 is 0 Å². The number of halogens is 1. The molecule has 5 N–H and O–H groups in total. The second kappa shape index (κ2) is 6.92. The zero-order valence-corrected chi connectivity index (χ0v) is 16.4. The van der Waals surface area contributed by atoms with Crippen LogP contribution >= 0.6 is 10.6 Å². The number of hydrogen-bond acceptors (Lipinski definition) is 3. The summed E-state index contributed by atoms with van der Waals surface area (Å²) >= 11 is 0. The minimum atomic E-state index is -2.46. The zero-order valence-electron chi connectivity index (χ0n) is 15.5. The van der Waals surface area contributed by atoms with Gasteiger partial charge in [-0.3, -0.25) is 13.9 Å². The van der Waals surface area contributed by atoms with Gasteiger partial charge in [-0.25, -0.2) is 4.39 Å². The average Bonchev–Trinajstić information content (AvgIpc) is 3.07. The third-order valence-corrected chi connectivity index (χ3v) is 7.38. The van der Waals surface area contributed by atoms with Gasteiger partial charge in [-0.2, -0.15) is 10.6 Å². The highest BCUT2D eigenvalue weighted by Gasteiger charge is 2.27. The molecule has 1 amide bonds. The molecule has 28 heavy (non-hydrogen) atoms. The summed E-state index contributed by atoms with van der Waals surface area (Å²) in [5, 5.41) is 0.900. The number of hydrogen-bond donors (Lipinski definition) is 4. The smallest absolute Gasteiger partial charge is 0.250 e. The number of carbonyl (C=O) groups excluding carboxylic acids is 1. The van der Waals surface area contributed by atoms with E-state index in [0.29, 0.717) is 41.0 Å². The molecule has 4 rings (SSSR count). The van der Waals surface area contributed by atoms with Crippen molar-refractivity contribution < 1.29 is 18.3 Å². The molecule has 0 saturated carbocycles. The van der Waals surface area contributed by atoms with E-state index < -0.39 is 16.5 Å². The summed E-state index contributed by atoms with van der Waals surface area (Å²) in [6, 6.07) is 8.59. The van der Waals surface area contributed by atoms with Crippen LogP contribution in [-0.2, 0) is 0 Å². The van der Waals surface area contributed by atoms with E-state index in [9.17, 15) is 18.3 Å². The molecule has 0 bridgehead atoms. The molecule has 2 heterocycles. The van der Waals surface area contributed by atoms with E-state index in [2.05, 4.69) is 4.98 Å². The average molecular weight is 402 g/mol. The lowest BCUT2D eigenvalue weighted by molar-refractivity contribution is 0.100. The van der Waals surface area contributed by atoms with E-state index >= 15 is 0 Å². The van der Waals surface area contributed by atoms with E-state index in [1.54, 1.807) is 25.1 Å². The predicted octanol–water partition coefficient (Wildman–Crippen LogP) is 5.01. The Hall–Kier alpha value is -2.35. The highest BCUT2D eigenvalue weighted by Crippen LogP contribution is 2.49. The van der Waals surface area contributed by atoms with Crippen LogP contribution in [0, 0.1) is 12.7 Å². The molecule has 3 aromatic rings. The lowest BCUT2D eigenvalue weighted by Gasteiger charge is -2.39. The molecule has 1 fully saturated rings. The first kappa shape index (κ1) is 19.0. The molecule has 0 aliphatic carbocycles. The van der Waals surface area contributed by atoms with Gasteiger partial charge in [0.25, 0.3) is 5.91 Å². The van der Waals surface area contributed by atoms with Gasteiger partial charge in [0, 0.05) is 23.1 Å². The van der Waals surface area contributed by atoms with Crippen LogP contribution in [0.2, 0.25) is 0 Å². The molecular weight excluding hydrogens is 379 g/mol. The molecular formula is C21H23FN2O3S. The molecule has 148 valence electrons. The monoisotopic (exact) mass is 402 g/mol. The van der Waals surface area contributed by atoms with Gasteiger partial charge in [-0.05, 0) is 72.2 Å². The van der Waals surface area contributed by atoms with Crippen LogP contribution in [-0.4, -0.2) is 31.5 Å². The topological polar surface area (TPSA) is 99.3 Å². The van der Waals surface area contributed by atoms with Crippen LogP contribution in [0.3, 0.4) is 0 Å². The van der Waals surface area contributed by atoms with E-state index in [1.165, 1.54) is 6.07 Å². The lowest BCUT2D eigenvalue weighted by atomic mass is 9.90. The number of aromatic nitrogens is 1. The standard InChI is InChI=1S/C21H23FN2O3S/c1-12-8-14(2-3-19(12)22)15-9-16-18(13-4-6-28(26,27)7-5-13)11-24-20(16)17(10-15)21(23)25/h2-3,8-11,13,24,26-27H,4-7H2,1H3,(H2,23,25). The van der Waals surface area contributed by atoms with Crippen LogP contribution in [0.25, 0.3) is 22.0 Å². The summed E-state index contributed by atoms with van der Waals surface area (Å²) < 4.78 is 33.5. The molecule has 2 aromatic carbocycles.